The molecule has 160 valence electrons. The van der Waals surface area contributed by atoms with Gasteiger partial charge in [0.15, 0.2) is 0 Å². The second kappa shape index (κ2) is 10.3. The average Bonchev–Trinajstić information content (AvgIpc) is 2.75. The first-order valence-electron chi connectivity index (χ1n) is 9.78. The number of hydrogen-bond acceptors (Lipinski definition) is 5. The summed E-state index contributed by atoms with van der Waals surface area (Å²) in [6.07, 6.45) is 1.39. The summed E-state index contributed by atoms with van der Waals surface area (Å²) < 4.78 is 18.7. The molecule has 7 nitrogen and oxygen atoms in total. The van der Waals surface area contributed by atoms with Gasteiger partial charge in [-0.25, -0.2) is 14.4 Å². The number of amides is 2. The monoisotopic (exact) mass is 422 g/mol. The van der Waals surface area contributed by atoms with Gasteiger partial charge in [-0.2, -0.15) is 0 Å². The van der Waals surface area contributed by atoms with Gasteiger partial charge >= 0.3 is 0 Å². The lowest BCUT2D eigenvalue weighted by Gasteiger charge is -2.10. The zero-order valence-electron chi connectivity index (χ0n) is 17.3. The molecule has 0 atom stereocenters. The van der Waals surface area contributed by atoms with E-state index < -0.39 is 6.67 Å². The van der Waals surface area contributed by atoms with Crippen LogP contribution < -0.4 is 15.4 Å². The maximum Gasteiger partial charge on any atom is 0.228 e. The van der Waals surface area contributed by atoms with E-state index in [2.05, 4.69) is 20.6 Å². The first-order valence-corrected chi connectivity index (χ1v) is 9.78. The predicted octanol–water partition coefficient (Wildman–Crippen LogP) is 4.51. The van der Waals surface area contributed by atoms with E-state index in [0.717, 1.165) is 0 Å². The van der Waals surface area contributed by atoms with Crippen molar-refractivity contribution in [3.63, 3.8) is 0 Å². The molecule has 0 aliphatic heterocycles. The molecule has 0 aliphatic carbocycles. The number of aromatic nitrogens is 2. The molecule has 3 aromatic rings. The fraction of sp³-hybridized carbons (Fsp3) is 0.217. The summed E-state index contributed by atoms with van der Waals surface area (Å²) >= 11 is 0. The highest BCUT2D eigenvalue weighted by molar-refractivity contribution is 5.92. The molecule has 0 bridgehead atoms. The number of benzene rings is 2. The number of carbonyl (C=O) groups is 2. The zero-order valence-corrected chi connectivity index (χ0v) is 17.3. The zero-order chi connectivity index (χ0) is 22.2. The van der Waals surface area contributed by atoms with Gasteiger partial charge < -0.3 is 15.4 Å². The maximum absolute atomic E-state index is 13.0. The maximum atomic E-state index is 13.0. The number of nitrogens with zero attached hydrogens (tertiary/aromatic N) is 2. The van der Waals surface area contributed by atoms with Crippen molar-refractivity contribution in [3.05, 3.63) is 72.1 Å². The predicted molar refractivity (Wildman–Crippen MR) is 116 cm³/mol. The summed E-state index contributed by atoms with van der Waals surface area (Å²) in [7, 11) is 0. The van der Waals surface area contributed by atoms with E-state index in [1.807, 2.05) is 0 Å². The van der Waals surface area contributed by atoms with Crippen molar-refractivity contribution in [1.82, 2.24) is 9.97 Å². The molecule has 0 radical (unpaired) electrons. The van der Waals surface area contributed by atoms with Gasteiger partial charge in [-0.05, 0) is 35.4 Å². The van der Waals surface area contributed by atoms with Gasteiger partial charge in [0.2, 0.25) is 17.7 Å². The molecule has 0 saturated carbocycles. The Morgan fingerprint density at radius 2 is 1.71 bits per heavy atom. The lowest BCUT2D eigenvalue weighted by Crippen LogP contribution is -2.18. The summed E-state index contributed by atoms with van der Waals surface area (Å²) in [5, 5.41) is 5.47. The first kappa shape index (κ1) is 21.9. The van der Waals surface area contributed by atoms with Crippen molar-refractivity contribution in [2.75, 3.05) is 10.6 Å². The van der Waals surface area contributed by atoms with Crippen molar-refractivity contribution in [2.45, 2.75) is 26.9 Å². The minimum absolute atomic E-state index is 0.0875. The SMILES string of the molecule is CC(C)C(=O)Nc1cc(Oc2ccc(NC(=O)Cc3ccccc3CF)cc2)ncn1. The van der Waals surface area contributed by atoms with Gasteiger partial charge in [0.05, 0.1) is 6.42 Å². The van der Waals surface area contributed by atoms with Crippen molar-refractivity contribution < 1.29 is 18.7 Å². The second-order valence-electron chi connectivity index (χ2n) is 7.14. The summed E-state index contributed by atoms with van der Waals surface area (Å²) in [6, 6.07) is 15.2. The van der Waals surface area contributed by atoms with E-state index in [1.165, 1.54) is 12.4 Å². The Bertz CT molecular complexity index is 1050. The Balaban J connectivity index is 1.59. The van der Waals surface area contributed by atoms with E-state index >= 15 is 0 Å². The van der Waals surface area contributed by atoms with Crippen LogP contribution in [0.5, 0.6) is 11.6 Å². The van der Waals surface area contributed by atoms with E-state index in [1.54, 1.807) is 62.4 Å². The van der Waals surface area contributed by atoms with Crippen LogP contribution in [-0.2, 0) is 22.7 Å². The van der Waals surface area contributed by atoms with Crippen LogP contribution >= 0.6 is 0 Å². The van der Waals surface area contributed by atoms with Gasteiger partial charge in [-0.1, -0.05) is 38.1 Å². The quantitative estimate of drug-likeness (QED) is 0.557. The molecule has 2 N–H and O–H groups in total. The first-order chi connectivity index (χ1) is 14.9. The van der Waals surface area contributed by atoms with Gasteiger partial charge in [0, 0.05) is 17.7 Å². The molecule has 2 aromatic carbocycles. The van der Waals surface area contributed by atoms with Gasteiger partial charge in [-0.15, -0.1) is 0 Å². The minimum Gasteiger partial charge on any atom is -0.439 e. The fourth-order valence-electron chi connectivity index (χ4n) is 2.70. The molecule has 2 amide bonds. The number of rotatable bonds is 8. The number of alkyl halides is 1. The largest absolute Gasteiger partial charge is 0.439 e. The number of carbonyl (C=O) groups excluding carboxylic acids is 2. The standard InChI is InChI=1S/C23H23FN4O3/c1-15(2)23(30)28-20-12-22(26-14-25-20)31-19-9-7-18(8-10-19)27-21(29)11-16-5-3-4-6-17(16)13-24/h3-10,12,14-15H,11,13H2,1-2H3,(H,27,29)(H,25,26,28,30). The van der Waals surface area contributed by atoms with Crippen molar-refractivity contribution in [1.29, 1.82) is 0 Å². The fourth-order valence-corrected chi connectivity index (χ4v) is 2.70. The van der Waals surface area contributed by atoms with Crippen LogP contribution in [0.1, 0.15) is 25.0 Å². The van der Waals surface area contributed by atoms with Crippen LogP contribution in [0.15, 0.2) is 60.9 Å². The van der Waals surface area contributed by atoms with E-state index in [-0.39, 0.29) is 30.0 Å². The summed E-state index contributed by atoms with van der Waals surface area (Å²) in [5.74, 6) is 0.553. The normalized spacial score (nSPS) is 10.6. The average molecular weight is 422 g/mol. The number of nitrogens with one attached hydrogen (secondary N) is 2. The third-order valence-electron chi connectivity index (χ3n) is 4.39. The number of anilines is 2. The molecule has 8 heteroatoms. The Labute approximate surface area is 179 Å². The third-order valence-corrected chi connectivity index (χ3v) is 4.39. The molecule has 1 aromatic heterocycles. The van der Waals surface area contributed by atoms with Crippen LogP contribution in [0.2, 0.25) is 0 Å². The van der Waals surface area contributed by atoms with Gasteiger partial charge in [0.1, 0.15) is 24.6 Å². The summed E-state index contributed by atoms with van der Waals surface area (Å²) in [4.78, 5) is 32.1. The van der Waals surface area contributed by atoms with Crippen molar-refractivity contribution in [3.8, 4) is 11.6 Å². The Morgan fingerprint density at radius 3 is 2.39 bits per heavy atom. The van der Waals surface area contributed by atoms with E-state index in [9.17, 15) is 14.0 Å². The number of ether oxygens (including phenoxy) is 1. The van der Waals surface area contributed by atoms with Gasteiger partial charge in [-0.3, -0.25) is 9.59 Å². The molecule has 1 heterocycles. The topological polar surface area (TPSA) is 93.2 Å². The molecule has 0 fully saturated rings. The van der Waals surface area contributed by atoms with Crippen molar-refractivity contribution >= 4 is 23.3 Å². The third kappa shape index (κ3) is 6.33. The summed E-state index contributed by atoms with van der Waals surface area (Å²) in [5.41, 5.74) is 1.75. The molecule has 0 spiro atoms. The van der Waals surface area contributed by atoms with E-state index in [4.69, 9.17) is 4.74 Å². The second-order valence-corrected chi connectivity index (χ2v) is 7.14. The highest BCUT2D eigenvalue weighted by atomic mass is 19.1. The Morgan fingerprint density at radius 1 is 1.00 bits per heavy atom. The Kier molecular flexibility index (Phi) is 7.26. The van der Waals surface area contributed by atoms with E-state index in [0.29, 0.717) is 28.4 Å². The molecular formula is C23H23FN4O3. The lowest BCUT2D eigenvalue weighted by atomic mass is 10.1. The van der Waals surface area contributed by atoms with Crippen LogP contribution in [0.4, 0.5) is 15.9 Å². The molecule has 3 rings (SSSR count). The van der Waals surface area contributed by atoms with Crippen LogP contribution in [0, 0.1) is 5.92 Å². The number of hydrogen-bond donors (Lipinski definition) is 2. The van der Waals surface area contributed by atoms with Crippen LogP contribution in [-0.4, -0.2) is 21.8 Å². The highest BCUT2D eigenvalue weighted by Gasteiger charge is 2.10. The van der Waals surface area contributed by atoms with Crippen molar-refractivity contribution in [2.24, 2.45) is 5.92 Å². The van der Waals surface area contributed by atoms with Gasteiger partial charge in [0.25, 0.3) is 0 Å². The molecule has 0 aliphatic rings. The Hall–Kier alpha value is -3.81. The van der Waals surface area contributed by atoms with Crippen LogP contribution in [0.3, 0.4) is 0 Å². The molecular weight excluding hydrogens is 399 g/mol. The molecule has 31 heavy (non-hydrogen) atoms. The summed E-state index contributed by atoms with van der Waals surface area (Å²) in [6.45, 7) is 2.96. The number of halogens is 1. The lowest BCUT2D eigenvalue weighted by molar-refractivity contribution is -0.119. The minimum atomic E-state index is -0.610. The highest BCUT2D eigenvalue weighted by Crippen LogP contribution is 2.23. The smallest absolute Gasteiger partial charge is 0.228 e. The molecule has 0 unspecified atom stereocenters. The van der Waals surface area contributed by atoms with Crippen LogP contribution in [0.25, 0.3) is 0 Å². The molecule has 0 saturated heterocycles.